The molecule has 2 rings (SSSR count). The summed E-state index contributed by atoms with van der Waals surface area (Å²) in [4.78, 5) is 10.9. The average molecular weight is 352 g/mol. The molecule has 0 amide bonds. The number of carboxylic acids is 1. The lowest BCUT2D eigenvalue weighted by Crippen LogP contribution is -2.14. The van der Waals surface area contributed by atoms with Gasteiger partial charge in [-0.3, -0.25) is 0 Å². The number of carboxylic acid groups (broad SMARTS) is 1. The summed E-state index contributed by atoms with van der Waals surface area (Å²) < 4.78 is 34.6. The molecule has 0 unspecified atom stereocenters. The van der Waals surface area contributed by atoms with E-state index in [4.69, 9.17) is 14.6 Å². The zero-order valence-corrected chi connectivity index (χ0v) is 13.6. The molecule has 128 valence electrons. The Kier molecular flexibility index (Phi) is 5.30. The molecule has 0 heterocycles. The van der Waals surface area contributed by atoms with E-state index in [0.29, 0.717) is 5.75 Å². The van der Waals surface area contributed by atoms with Crippen LogP contribution >= 0.6 is 0 Å². The lowest BCUT2D eigenvalue weighted by Gasteiger charge is -2.09. The zero-order valence-electron chi connectivity index (χ0n) is 12.8. The first-order chi connectivity index (χ1) is 11.3. The minimum absolute atomic E-state index is 0.139. The van der Waals surface area contributed by atoms with Crippen LogP contribution in [0.4, 0.5) is 0 Å². The predicted molar refractivity (Wildman–Crippen MR) is 85.6 cm³/mol. The van der Waals surface area contributed by atoms with E-state index in [1.807, 2.05) is 0 Å². The fraction of sp³-hybridized carbons (Fsp3) is 0.188. The molecule has 0 saturated heterocycles. The number of ether oxygens (including phenoxy) is 2. The summed E-state index contributed by atoms with van der Waals surface area (Å²) in [5.74, 6) is -1.23. The van der Waals surface area contributed by atoms with Gasteiger partial charge in [0, 0.05) is 6.07 Å². The van der Waals surface area contributed by atoms with E-state index >= 15 is 0 Å². The highest BCUT2D eigenvalue weighted by molar-refractivity contribution is 7.91. The van der Waals surface area contributed by atoms with E-state index in [0.717, 1.165) is 6.07 Å². The van der Waals surface area contributed by atoms with E-state index in [9.17, 15) is 18.3 Å². The van der Waals surface area contributed by atoms with Gasteiger partial charge in [-0.25, -0.2) is 13.2 Å². The molecule has 0 saturated carbocycles. The Morgan fingerprint density at radius 2 is 1.71 bits per heavy atom. The molecule has 2 aromatic rings. The molecule has 0 radical (unpaired) electrons. The molecule has 0 aliphatic heterocycles. The van der Waals surface area contributed by atoms with E-state index < -0.39 is 21.6 Å². The molecule has 2 aromatic carbocycles. The maximum absolute atomic E-state index is 12.2. The molecule has 8 heteroatoms. The van der Waals surface area contributed by atoms with Gasteiger partial charge in [0.1, 0.15) is 29.4 Å². The summed E-state index contributed by atoms with van der Waals surface area (Å²) in [5, 5.41) is 18.4. The highest BCUT2D eigenvalue weighted by Gasteiger charge is 2.15. The van der Waals surface area contributed by atoms with Crippen molar-refractivity contribution in [2.75, 3.05) is 19.5 Å². The quantitative estimate of drug-likeness (QED) is 0.783. The van der Waals surface area contributed by atoms with E-state index in [1.165, 1.54) is 31.4 Å². The lowest BCUT2D eigenvalue weighted by molar-refractivity contribution is 0.0693. The second-order valence-electron chi connectivity index (χ2n) is 4.83. The Hall–Kier alpha value is -2.74. The van der Waals surface area contributed by atoms with Crippen molar-refractivity contribution in [1.82, 2.24) is 0 Å². The van der Waals surface area contributed by atoms with Crippen molar-refractivity contribution in [2.24, 2.45) is 0 Å². The Morgan fingerprint density at radius 3 is 2.25 bits per heavy atom. The number of hydrogen-bond donors (Lipinski definition) is 2. The van der Waals surface area contributed by atoms with Crippen molar-refractivity contribution >= 4 is 15.8 Å². The van der Waals surface area contributed by atoms with Crippen LogP contribution in [0.3, 0.4) is 0 Å². The number of methoxy groups -OCH3 is 1. The fourth-order valence-electron chi connectivity index (χ4n) is 1.95. The number of carbonyl (C=O) groups is 1. The normalized spacial score (nSPS) is 11.0. The molecule has 0 aliphatic carbocycles. The van der Waals surface area contributed by atoms with Crippen LogP contribution < -0.4 is 9.47 Å². The van der Waals surface area contributed by atoms with Gasteiger partial charge >= 0.3 is 5.97 Å². The number of hydrogen-bond acceptors (Lipinski definition) is 6. The molecule has 24 heavy (non-hydrogen) atoms. The van der Waals surface area contributed by atoms with Gasteiger partial charge < -0.3 is 19.7 Å². The third-order valence-corrected chi connectivity index (χ3v) is 4.93. The van der Waals surface area contributed by atoms with Crippen LogP contribution in [-0.4, -0.2) is 44.1 Å². The van der Waals surface area contributed by atoms with E-state index in [-0.39, 0.29) is 28.6 Å². The summed E-state index contributed by atoms with van der Waals surface area (Å²) in [7, 11) is -2.04. The van der Waals surface area contributed by atoms with Crippen LogP contribution in [0, 0.1) is 0 Å². The van der Waals surface area contributed by atoms with Crippen molar-refractivity contribution < 1.29 is 32.9 Å². The number of benzene rings is 2. The van der Waals surface area contributed by atoms with Crippen LogP contribution in [0.2, 0.25) is 0 Å². The second kappa shape index (κ2) is 7.22. The standard InChI is InChI=1S/C16H16O7S/c1-22-11-2-5-13(6-3-11)24(20,21)9-8-23-12-4-7-14(16(18)19)15(17)10-12/h2-7,10,17H,8-9H2,1H3,(H,18,19). The predicted octanol–water partition coefficient (Wildman–Crippen LogP) is 1.95. The number of phenols is 1. The first-order valence-electron chi connectivity index (χ1n) is 6.89. The van der Waals surface area contributed by atoms with Crippen molar-refractivity contribution in [3.63, 3.8) is 0 Å². The minimum Gasteiger partial charge on any atom is -0.507 e. The number of sulfone groups is 1. The summed E-state index contributed by atoms with van der Waals surface area (Å²) in [6, 6.07) is 9.66. The molecule has 0 atom stereocenters. The van der Waals surface area contributed by atoms with Crippen LogP contribution in [-0.2, 0) is 9.84 Å². The van der Waals surface area contributed by atoms with Crippen molar-refractivity contribution in [2.45, 2.75) is 4.90 Å². The summed E-state index contributed by atoms with van der Waals surface area (Å²) in [6.45, 7) is -0.139. The number of aromatic hydroxyl groups is 1. The lowest BCUT2D eigenvalue weighted by atomic mass is 10.2. The molecule has 2 N–H and O–H groups in total. The summed E-state index contributed by atoms with van der Waals surface area (Å²) in [6.07, 6.45) is 0. The molecule has 0 aliphatic rings. The Bertz CT molecular complexity index is 826. The van der Waals surface area contributed by atoms with Gasteiger partial charge in [-0.15, -0.1) is 0 Å². The zero-order chi connectivity index (χ0) is 17.7. The van der Waals surface area contributed by atoms with Gasteiger partial charge in [-0.05, 0) is 36.4 Å². The molecule has 7 nitrogen and oxygen atoms in total. The van der Waals surface area contributed by atoms with Crippen LogP contribution in [0.25, 0.3) is 0 Å². The van der Waals surface area contributed by atoms with Crippen molar-refractivity contribution in [1.29, 1.82) is 0 Å². The van der Waals surface area contributed by atoms with Gasteiger partial charge in [0.15, 0.2) is 9.84 Å². The summed E-state index contributed by atoms with van der Waals surface area (Å²) in [5.41, 5.74) is -0.256. The topological polar surface area (TPSA) is 110 Å². The van der Waals surface area contributed by atoms with Crippen LogP contribution in [0.15, 0.2) is 47.4 Å². The Labute approximate surface area is 139 Å². The van der Waals surface area contributed by atoms with Crippen LogP contribution in [0.5, 0.6) is 17.2 Å². The van der Waals surface area contributed by atoms with Gasteiger partial charge in [-0.2, -0.15) is 0 Å². The van der Waals surface area contributed by atoms with Crippen LogP contribution in [0.1, 0.15) is 10.4 Å². The first-order valence-corrected chi connectivity index (χ1v) is 8.54. The molecule has 0 aromatic heterocycles. The molecule has 0 fully saturated rings. The molecular weight excluding hydrogens is 336 g/mol. The monoisotopic (exact) mass is 352 g/mol. The Morgan fingerprint density at radius 1 is 1.08 bits per heavy atom. The maximum Gasteiger partial charge on any atom is 0.339 e. The van der Waals surface area contributed by atoms with Gasteiger partial charge in [0.2, 0.25) is 0 Å². The molecule has 0 spiro atoms. The van der Waals surface area contributed by atoms with Gasteiger partial charge in [-0.1, -0.05) is 0 Å². The second-order valence-corrected chi connectivity index (χ2v) is 6.94. The fourth-order valence-corrected chi connectivity index (χ4v) is 3.04. The Balaban J connectivity index is 2.00. The number of aromatic carboxylic acids is 1. The largest absolute Gasteiger partial charge is 0.507 e. The SMILES string of the molecule is COc1ccc(S(=O)(=O)CCOc2ccc(C(=O)O)c(O)c2)cc1. The third-order valence-electron chi connectivity index (χ3n) is 3.24. The minimum atomic E-state index is -3.52. The first kappa shape index (κ1) is 17.6. The molecular formula is C16H16O7S. The average Bonchev–Trinajstić information content (AvgIpc) is 2.54. The van der Waals surface area contributed by atoms with E-state index in [1.54, 1.807) is 12.1 Å². The molecule has 0 bridgehead atoms. The maximum atomic E-state index is 12.2. The summed E-state index contributed by atoms with van der Waals surface area (Å²) >= 11 is 0. The smallest absolute Gasteiger partial charge is 0.339 e. The number of rotatable bonds is 7. The van der Waals surface area contributed by atoms with Gasteiger partial charge in [0.25, 0.3) is 0 Å². The third kappa shape index (κ3) is 4.17. The van der Waals surface area contributed by atoms with Gasteiger partial charge in [0.05, 0.1) is 17.8 Å². The van der Waals surface area contributed by atoms with Crippen molar-refractivity contribution in [3.05, 3.63) is 48.0 Å². The highest BCUT2D eigenvalue weighted by atomic mass is 32.2. The van der Waals surface area contributed by atoms with E-state index in [2.05, 4.69) is 0 Å². The van der Waals surface area contributed by atoms with Crippen molar-refractivity contribution in [3.8, 4) is 17.2 Å². The highest BCUT2D eigenvalue weighted by Crippen LogP contribution is 2.24.